The Labute approximate surface area is 138 Å². The van der Waals surface area contributed by atoms with E-state index < -0.39 is 23.8 Å². The summed E-state index contributed by atoms with van der Waals surface area (Å²) in [6.45, 7) is 9.57. The maximum atomic E-state index is 12.5. The summed E-state index contributed by atoms with van der Waals surface area (Å²) >= 11 is 0. The second-order valence-electron chi connectivity index (χ2n) is 7.18. The number of ether oxygens (including phenoxy) is 1. The van der Waals surface area contributed by atoms with Crippen LogP contribution in [0.4, 0.5) is 4.79 Å². The lowest BCUT2D eigenvalue weighted by Crippen LogP contribution is -2.54. The third kappa shape index (κ3) is 5.41. The van der Waals surface area contributed by atoms with Crippen LogP contribution in [0, 0.1) is 5.92 Å². The fraction of sp³-hybridized carbons (Fsp3) is 0.812. The number of likely N-dealkylation sites (tertiary alicyclic amines) is 1. The van der Waals surface area contributed by atoms with Crippen molar-refractivity contribution in [2.24, 2.45) is 5.92 Å². The SMILES string of the molecule is CNC(=O)[C@@H](NC(=O)[C@H]1CCCN1C(=O)OC(C)(C)C)C(C)C. The second kappa shape index (κ2) is 7.66. The zero-order valence-corrected chi connectivity index (χ0v) is 14.9. The molecule has 0 unspecified atom stereocenters. The van der Waals surface area contributed by atoms with Crippen molar-refractivity contribution in [3.63, 3.8) is 0 Å². The number of rotatable bonds is 4. The first-order valence-corrected chi connectivity index (χ1v) is 8.08. The van der Waals surface area contributed by atoms with Gasteiger partial charge in [0.2, 0.25) is 11.8 Å². The zero-order chi connectivity index (χ0) is 17.8. The molecule has 0 saturated carbocycles. The first-order valence-electron chi connectivity index (χ1n) is 8.08. The van der Waals surface area contributed by atoms with Crippen LogP contribution in [0.25, 0.3) is 0 Å². The summed E-state index contributed by atoms with van der Waals surface area (Å²) < 4.78 is 5.35. The summed E-state index contributed by atoms with van der Waals surface area (Å²) in [5, 5.41) is 5.30. The molecule has 0 bridgehead atoms. The fourth-order valence-corrected chi connectivity index (χ4v) is 2.52. The van der Waals surface area contributed by atoms with E-state index in [0.29, 0.717) is 13.0 Å². The first-order chi connectivity index (χ1) is 10.6. The maximum Gasteiger partial charge on any atom is 0.410 e. The second-order valence-corrected chi connectivity index (χ2v) is 7.18. The van der Waals surface area contributed by atoms with E-state index in [4.69, 9.17) is 4.74 Å². The molecule has 1 fully saturated rings. The molecule has 0 aliphatic carbocycles. The third-order valence-electron chi connectivity index (χ3n) is 3.68. The summed E-state index contributed by atoms with van der Waals surface area (Å²) in [6.07, 6.45) is 0.823. The minimum absolute atomic E-state index is 0.0460. The van der Waals surface area contributed by atoms with Crippen LogP contribution in [-0.4, -0.2) is 54.1 Å². The van der Waals surface area contributed by atoms with Crippen molar-refractivity contribution in [2.45, 2.75) is 65.1 Å². The fourth-order valence-electron chi connectivity index (χ4n) is 2.52. The largest absolute Gasteiger partial charge is 0.444 e. The molecule has 132 valence electrons. The molecule has 1 saturated heterocycles. The molecule has 2 N–H and O–H groups in total. The van der Waals surface area contributed by atoms with Crippen LogP contribution in [-0.2, 0) is 14.3 Å². The van der Waals surface area contributed by atoms with Gasteiger partial charge in [-0.1, -0.05) is 13.8 Å². The number of carbonyl (C=O) groups excluding carboxylic acids is 3. The summed E-state index contributed by atoms with van der Waals surface area (Å²) in [6, 6.07) is -1.20. The van der Waals surface area contributed by atoms with E-state index in [1.807, 2.05) is 13.8 Å². The predicted molar refractivity (Wildman–Crippen MR) is 86.8 cm³/mol. The van der Waals surface area contributed by atoms with Crippen LogP contribution < -0.4 is 10.6 Å². The summed E-state index contributed by atoms with van der Waals surface area (Å²) in [5.41, 5.74) is -0.608. The van der Waals surface area contributed by atoms with Gasteiger partial charge in [-0.05, 0) is 39.5 Å². The molecule has 2 atom stereocenters. The van der Waals surface area contributed by atoms with E-state index in [9.17, 15) is 14.4 Å². The Morgan fingerprint density at radius 3 is 2.30 bits per heavy atom. The van der Waals surface area contributed by atoms with Gasteiger partial charge in [-0.3, -0.25) is 14.5 Å². The normalized spacial score (nSPS) is 19.4. The average molecular weight is 327 g/mol. The maximum absolute atomic E-state index is 12.5. The van der Waals surface area contributed by atoms with Gasteiger partial charge >= 0.3 is 6.09 Å². The highest BCUT2D eigenvalue weighted by Gasteiger charge is 2.38. The lowest BCUT2D eigenvalue weighted by molar-refractivity contribution is -0.132. The van der Waals surface area contributed by atoms with Crippen LogP contribution in [0.1, 0.15) is 47.5 Å². The van der Waals surface area contributed by atoms with Gasteiger partial charge in [-0.15, -0.1) is 0 Å². The Balaban J connectivity index is 2.77. The third-order valence-corrected chi connectivity index (χ3v) is 3.68. The van der Waals surface area contributed by atoms with Crippen molar-refractivity contribution in [1.29, 1.82) is 0 Å². The van der Waals surface area contributed by atoms with Crippen LogP contribution in [0.3, 0.4) is 0 Å². The Morgan fingerprint density at radius 1 is 1.22 bits per heavy atom. The van der Waals surface area contributed by atoms with Crippen molar-refractivity contribution < 1.29 is 19.1 Å². The predicted octanol–water partition coefficient (Wildman–Crippen LogP) is 1.27. The van der Waals surface area contributed by atoms with Gasteiger partial charge in [-0.2, -0.15) is 0 Å². The molecule has 1 aliphatic rings. The molecule has 0 aromatic carbocycles. The van der Waals surface area contributed by atoms with Crippen molar-refractivity contribution in [2.75, 3.05) is 13.6 Å². The number of hydrogen-bond donors (Lipinski definition) is 2. The Kier molecular flexibility index (Phi) is 6.41. The number of nitrogens with zero attached hydrogens (tertiary/aromatic N) is 1. The summed E-state index contributed by atoms with van der Waals surface area (Å²) in [5.74, 6) is -0.596. The highest BCUT2D eigenvalue weighted by molar-refractivity contribution is 5.91. The highest BCUT2D eigenvalue weighted by Crippen LogP contribution is 2.21. The molecule has 1 rings (SSSR count). The molecule has 7 heteroatoms. The number of likely N-dealkylation sites (N-methyl/N-ethyl adjacent to an activating group) is 1. The van der Waals surface area contributed by atoms with Crippen LogP contribution >= 0.6 is 0 Å². The van der Waals surface area contributed by atoms with E-state index in [2.05, 4.69) is 10.6 Å². The Hall–Kier alpha value is -1.79. The summed E-state index contributed by atoms with van der Waals surface area (Å²) in [4.78, 5) is 38.1. The molecule has 0 aromatic rings. The lowest BCUT2D eigenvalue weighted by atomic mass is 10.0. The van der Waals surface area contributed by atoms with E-state index >= 15 is 0 Å². The van der Waals surface area contributed by atoms with Gasteiger partial charge in [-0.25, -0.2) is 4.79 Å². The Bertz CT molecular complexity index is 457. The van der Waals surface area contributed by atoms with Gasteiger partial charge in [0.15, 0.2) is 0 Å². The van der Waals surface area contributed by atoms with Crippen LogP contribution in [0.5, 0.6) is 0 Å². The monoisotopic (exact) mass is 327 g/mol. The molecule has 23 heavy (non-hydrogen) atoms. The van der Waals surface area contributed by atoms with E-state index in [-0.39, 0.29) is 17.7 Å². The smallest absolute Gasteiger partial charge is 0.410 e. The molecule has 7 nitrogen and oxygen atoms in total. The van der Waals surface area contributed by atoms with Crippen molar-refractivity contribution in [3.05, 3.63) is 0 Å². The quantitative estimate of drug-likeness (QED) is 0.814. The number of hydrogen-bond acceptors (Lipinski definition) is 4. The summed E-state index contributed by atoms with van der Waals surface area (Å²) in [7, 11) is 1.53. The minimum Gasteiger partial charge on any atom is -0.444 e. The van der Waals surface area contributed by atoms with Crippen LogP contribution in [0.2, 0.25) is 0 Å². The number of nitrogens with one attached hydrogen (secondary N) is 2. The van der Waals surface area contributed by atoms with Crippen molar-refractivity contribution in [1.82, 2.24) is 15.5 Å². The lowest BCUT2D eigenvalue weighted by Gasteiger charge is -2.29. The Morgan fingerprint density at radius 2 is 1.83 bits per heavy atom. The highest BCUT2D eigenvalue weighted by atomic mass is 16.6. The molecule has 1 heterocycles. The van der Waals surface area contributed by atoms with Crippen molar-refractivity contribution >= 4 is 17.9 Å². The zero-order valence-electron chi connectivity index (χ0n) is 14.9. The van der Waals surface area contributed by atoms with Crippen molar-refractivity contribution in [3.8, 4) is 0 Å². The molecular weight excluding hydrogens is 298 g/mol. The van der Waals surface area contributed by atoms with Crippen LogP contribution in [0.15, 0.2) is 0 Å². The van der Waals surface area contributed by atoms with Gasteiger partial charge in [0.25, 0.3) is 0 Å². The topological polar surface area (TPSA) is 87.7 Å². The molecule has 3 amide bonds. The molecule has 0 aromatic heterocycles. The molecule has 1 aliphatic heterocycles. The molecule has 0 spiro atoms. The van der Waals surface area contributed by atoms with E-state index in [1.165, 1.54) is 11.9 Å². The van der Waals surface area contributed by atoms with Gasteiger partial charge in [0.05, 0.1) is 0 Å². The van der Waals surface area contributed by atoms with Gasteiger partial charge in [0.1, 0.15) is 17.7 Å². The van der Waals surface area contributed by atoms with E-state index in [1.54, 1.807) is 20.8 Å². The number of amides is 3. The first kappa shape index (κ1) is 19.3. The standard InChI is InChI=1S/C16H29N3O4/c1-10(2)12(14(21)17-6)18-13(20)11-8-7-9-19(11)15(22)23-16(3,4)5/h10-12H,7-9H2,1-6H3,(H,17,21)(H,18,20)/t11-,12+/m1/s1. The average Bonchev–Trinajstić information content (AvgIpc) is 2.91. The molecule has 0 radical (unpaired) electrons. The van der Waals surface area contributed by atoms with Gasteiger partial charge < -0.3 is 15.4 Å². The molecular formula is C16H29N3O4. The minimum atomic E-state index is -0.617. The van der Waals surface area contributed by atoms with Gasteiger partial charge in [0, 0.05) is 13.6 Å². The van der Waals surface area contributed by atoms with E-state index in [0.717, 1.165) is 6.42 Å². The number of carbonyl (C=O) groups is 3.